The normalized spacial score (nSPS) is 11.9. The Bertz CT molecular complexity index is 1240. The highest BCUT2D eigenvalue weighted by Gasteiger charge is 2.30. The molecule has 2 aromatic carbocycles. The van der Waals surface area contributed by atoms with Gasteiger partial charge in [0.1, 0.15) is 5.60 Å². The largest absolute Gasteiger partial charge is 0.444 e. The van der Waals surface area contributed by atoms with Crippen LogP contribution in [-0.2, 0) is 23.9 Å². The summed E-state index contributed by atoms with van der Waals surface area (Å²) in [5.74, 6) is -0.251. The molecule has 1 heterocycles. The molecule has 0 atom stereocenters. The highest BCUT2D eigenvalue weighted by Crippen LogP contribution is 2.31. The predicted molar refractivity (Wildman–Crippen MR) is 138 cm³/mol. The van der Waals surface area contributed by atoms with E-state index in [1.807, 2.05) is 62.6 Å². The third-order valence-corrected chi connectivity index (χ3v) is 5.94. The average molecular weight is 515 g/mol. The van der Waals surface area contributed by atoms with Crippen molar-refractivity contribution in [2.75, 3.05) is 13.6 Å². The molecule has 0 spiro atoms. The fourth-order valence-corrected chi connectivity index (χ4v) is 4.10. The molecule has 0 saturated carbocycles. The number of ketones is 1. The smallest absolute Gasteiger partial charge is 0.416 e. The van der Waals surface area contributed by atoms with Crippen LogP contribution in [0.15, 0.2) is 60.7 Å². The van der Waals surface area contributed by atoms with E-state index in [1.165, 1.54) is 17.0 Å². The second-order valence-corrected chi connectivity index (χ2v) is 10.1. The zero-order valence-electron chi connectivity index (χ0n) is 21.9. The van der Waals surface area contributed by atoms with Crippen LogP contribution in [0.3, 0.4) is 0 Å². The number of hydrogen-bond donors (Lipinski definition) is 0. The van der Waals surface area contributed by atoms with E-state index >= 15 is 0 Å². The summed E-state index contributed by atoms with van der Waals surface area (Å²) >= 11 is 0. The number of alkyl halides is 3. The number of ether oxygens (including phenoxy) is 1. The number of carbonyl (C=O) groups is 2. The lowest BCUT2D eigenvalue weighted by molar-refractivity contribution is -0.137. The van der Waals surface area contributed by atoms with Gasteiger partial charge in [0.25, 0.3) is 0 Å². The molecule has 8 heteroatoms. The fourth-order valence-electron chi connectivity index (χ4n) is 4.10. The van der Waals surface area contributed by atoms with Gasteiger partial charge in [-0.2, -0.15) is 13.2 Å². The van der Waals surface area contributed by atoms with Crippen molar-refractivity contribution in [3.63, 3.8) is 0 Å². The predicted octanol–water partition coefficient (Wildman–Crippen LogP) is 7.16. The van der Waals surface area contributed by atoms with E-state index in [0.29, 0.717) is 30.6 Å². The fraction of sp³-hybridized carbons (Fsp3) is 0.379. The maximum absolute atomic E-state index is 13.2. The molecule has 0 radical (unpaired) electrons. The molecule has 0 aliphatic carbocycles. The number of aromatic nitrogens is 1. The van der Waals surface area contributed by atoms with Crippen LogP contribution in [0, 0.1) is 6.92 Å². The van der Waals surface area contributed by atoms with Crippen molar-refractivity contribution < 1.29 is 27.5 Å². The minimum atomic E-state index is -4.47. The monoisotopic (exact) mass is 514 g/mol. The highest BCUT2D eigenvalue weighted by molar-refractivity contribution is 6.00. The molecule has 0 fully saturated rings. The Kier molecular flexibility index (Phi) is 8.51. The van der Waals surface area contributed by atoms with Crippen molar-refractivity contribution in [1.82, 2.24) is 9.47 Å². The minimum absolute atomic E-state index is 0.135. The second kappa shape index (κ2) is 11.2. The van der Waals surface area contributed by atoms with Crippen LogP contribution in [0.5, 0.6) is 0 Å². The quantitative estimate of drug-likeness (QED) is 0.300. The number of halogens is 3. The zero-order valence-corrected chi connectivity index (χ0v) is 21.9. The Hall–Kier alpha value is -3.55. The van der Waals surface area contributed by atoms with Gasteiger partial charge in [-0.25, -0.2) is 4.79 Å². The van der Waals surface area contributed by atoms with Gasteiger partial charge in [-0.15, -0.1) is 0 Å². The van der Waals surface area contributed by atoms with Gasteiger partial charge in [-0.3, -0.25) is 4.79 Å². The van der Waals surface area contributed by atoms with Crippen LogP contribution in [0.25, 0.3) is 11.3 Å². The first-order chi connectivity index (χ1) is 17.3. The first kappa shape index (κ1) is 28.0. The maximum atomic E-state index is 13.2. The number of carbonyl (C=O) groups excluding carboxylic acids is 2. The molecular weight excluding hydrogens is 481 g/mol. The summed E-state index contributed by atoms with van der Waals surface area (Å²) < 4.78 is 46.8. The SMILES string of the molecule is Cc1c(C(=O)Cc2cccc(C(F)(F)F)c2)cc(-c2ccccc2)n1CCCN(C)C(=O)OC(C)(C)C. The molecule has 0 bridgehead atoms. The lowest BCUT2D eigenvalue weighted by atomic mass is 10.0. The maximum Gasteiger partial charge on any atom is 0.416 e. The molecule has 198 valence electrons. The Morgan fingerprint density at radius 1 is 0.973 bits per heavy atom. The van der Waals surface area contributed by atoms with Crippen LogP contribution in [0.1, 0.15) is 54.4 Å². The van der Waals surface area contributed by atoms with E-state index in [4.69, 9.17) is 4.74 Å². The van der Waals surface area contributed by atoms with Crippen LogP contribution in [0.4, 0.5) is 18.0 Å². The number of rotatable bonds is 8. The lowest BCUT2D eigenvalue weighted by Gasteiger charge is -2.24. The van der Waals surface area contributed by atoms with Crippen LogP contribution in [0.2, 0.25) is 0 Å². The van der Waals surface area contributed by atoms with Gasteiger partial charge in [-0.1, -0.05) is 48.5 Å². The molecule has 5 nitrogen and oxygen atoms in total. The molecule has 0 N–H and O–H groups in total. The molecule has 0 unspecified atom stereocenters. The molecule has 37 heavy (non-hydrogen) atoms. The van der Waals surface area contributed by atoms with E-state index in [9.17, 15) is 22.8 Å². The van der Waals surface area contributed by atoms with Gasteiger partial charge in [-0.05, 0) is 57.4 Å². The average Bonchev–Trinajstić information content (AvgIpc) is 3.14. The van der Waals surface area contributed by atoms with Crippen LogP contribution < -0.4 is 0 Å². The number of nitrogens with zero attached hydrogens (tertiary/aromatic N) is 2. The summed E-state index contributed by atoms with van der Waals surface area (Å²) in [4.78, 5) is 27.0. The van der Waals surface area contributed by atoms with E-state index in [1.54, 1.807) is 13.1 Å². The molecule has 0 saturated heterocycles. The number of hydrogen-bond acceptors (Lipinski definition) is 3. The van der Waals surface area contributed by atoms with Crippen molar-refractivity contribution >= 4 is 11.9 Å². The van der Waals surface area contributed by atoms with Gasteiger partial charge in [0.2, 0.25) is 0 Å². The van der Waals surface area contributed by atoms with Gasteiger partial charge in [0.15, 0.2) is 5.78 Å². The molecule has 1 aromatic heterocycles. The zero-order chi connectivity index (χ0) is 27.4. The van der Waals surface area contributed by atoms with Gasteiger partial charge in [0, 0.05) is 43.5 Å². The molecule has 1 amide bonds. The molecule has 3 rings (SSSR count). The van der Waals surface area contributed by atoms with Crippen molar-refractivity contribution in [2.24, 2.45) is 0 Å². The molecule has 0 aliphatic rings. The summed E-state index contributed by atoms with van der Waals surface area (Å²) in [7, 11) is 1.68. The number of benzene rings is 2. The topological polar surface area (TPSA) is 51.5 Å². The summed E-state index contributed by atoms with van der Waals surface area (Å²) in [6, 6.07) is 16.3. The third-order valence-electron chi connectivity index (χ3n) is 5.94. The van der Waals surface area contributed by atoms with Crippen molar-refractivity contribution in [3.8, 4) is 11.3 Å². The van der Waals surface area contributed by atoms with Crippen LogP contribution >= 0.6 is 0 Å². The van der Waals surface area contributed by atoms with Crippen molar-refractivity contribution in [1.29, 1.82) is 0 Å². The van der Waals surface area contributed by atoms with E-state index in [0.717, 1.165) is 29.1 Å². The molecule has 0 aliphatic heterocycles. The van der Waals surface area contributed by atoms with E-state index in [2.05, 4.69) is 0 Å². The summed E-state index contributed by atoms with van der Waals surface area (Å²) in [6.07, 6.45) is -4.39. The Morgan fingerprint density at radius 2 is 1.65 bits per heavy atom. The lowest BCUT2D eigenvalue weighted by Crippen LogP contribution is -2.35. The van der Waals surface area contributed by atoms with Gasteiger partial charge < -0.3 is 14.2 Å². The highest BCUT2D eigenvalue weighted by atomic mass is 19.4. The van der Waals surface area contributed by atoms with Gasteiger partial charge in [0.05, 0.1) is 5.56 Å². The molecular formula is C29H33F3N2O3. The van der Waals surface area contributed by atoms with Crippen LogP contribution in [-0.4, -0.2) is 40.5 Å². The Morgan fingerprint density at radius 3 is 2.27 bits per heavy atom. The Balaban J connectivity index is 1.83. The van der Waals surface area contributed by atoms with Gasteiger partial charge >= 0.3 is 12.3 Å². The van der Waals surface area contributed by atoms with Crippen molar-refractivity contribution in [3.05, 3.63) is 83.0 Å². The summed E-state index contributed by atoms with van der Waals surface area (Å²) in [5, 5.41) is 0. The second-order valence-electron chi connectivity index (χ2n) is 10.1. The number of Topliss-reactive ketones (excluding diaryl/α,β-unsaturated/α-hetero) is 1. The first-order valence-corrected chi connectivity index (χ1v) is 12.2. The summed E-state index contributed by atoms with van der Waals surface area (Å²) in [5.41, 5.74) is 1.91. The minimum Gasteiger partial charge on any atom is -0.444 e. The standard InChI is InChI=1S/C29H33F3N2O3/c1-20-24(26(35)18-21-11-9-14-23(17-21)29(30,31)32)19-25(22-12-7-6-8-13-22)34(20)16-10-15-33(5)27(36)37-28(2,3)4/h6-9,11-14,17,19H,10,15-16,18H2,1-5H3. The Labute approximate surface area is 215 Å². The van der Waals surface area contributed by atoms with E-state index < -0.39 is 23.4 Å². The third kappa shape index (κ3) is 7.47. The number of amides is 1. The van der Waals surface area contributed by atoms with Crippen molar-refractivity contribution in [2.45, 2.75) is 58.9 Å². The first-order valence-electron chi connectivity index (χ1n) is 12.2. The molecule has 3 aromatic rings. The van der Waals surface area contributed by atoms with E-state index in [-0.39, 0.29) is 12.2 Å². The summed E-state index contributed by atoms with van der Waals surface area (Å²) in [6.45, 7) is 8.27.